The number of alkyl halides is 2. The van der Waals surface area contributed by atoms with Crippen molar-refractivity contribution in [2.75, 3.05) is 32.8 Å². The summed E-state index contributed by atoms with van der Waals surface area (Å²) in [6.45, 7) is 0.704. The monoisotopic (exact) mass is 272 g/mol. The molecule has 1 heterocycles. The lowest BCUT2D eigenvalue weighted by Crippen LogP contribution is -2.46. The number of piperazine rings is 1. The predicted molar refractivity (Wildman–Crippen MR) is 67.3 cm³/mol. The molecule has 1 aromatic carbocycles. The van der Waals surface area contributed by atoms with Crippen LogP contribution in [0.4, 0.5) is 8.78 Å². The Morgan fingerprint density at radius 3 is 2.37 bits per heavy atom. The van der Waals surface area contributed by atoms with Gasteiger partial charge in [-0.05, 0) is 17.7 Å². The minimum Gasteiger partial charge on any atom is -0.435 e. The SMILES string of the molecule is OC[C@@H](c1ccc(OC(F)F)cc1)N1CCNCC1. The molecule has 1 aliphatic rings. The van der Waals surface area contributed by atoms with E-state index in [1.54, 1.807) is 12.1 Å². The zero-order valence-corrected chi connectivity index (χ0v) is 10.6. The quantitative estimate of drug-likeness (QED) is 0.846. The molecule has 0 amide bonds. The third-order valence-electron chi connectivity index (χ3n) is 3.26. The molecule has 19 heavy (non-hydrogen) atoms. The Morgan fingerprint density at radius 2 is 1.84 bits per heavy atom. The third-order valence-corrected chi connectivity index (χ3v) is 3.26. The molecule has 2 rings (SSSR count). The zero-order chi connectivity index (χ0) is 13.7. The van der Waals surface area contributed by atoms with E-state index in [1.165, 1.54) is 12.1 Å². The molecule has 0 unspecified atom stereocenters. The molecule has 4 nitrogen and oxygen atoms in total. The van der Waals surface area contributed by atoms with Crippen LogP contribution in [-0.4, -0.2) is 49.4 Å². The average Bonchev–Trinajstić information content (AvgIpc) is 2.42. The molecule has 2 N–H and O–H groups in total. The van der Waals surface area contributed by atoms with Crippen molar-refractivity contribution in [1.82, 2.24) is 10.2 Å². The summed E-state index contributed by atoms with van der Waals surface area (Å²) in [5.41, 5.74) is 0.908. The number of aliphatic hydroxyl groups excluding tert-OH is 1. The Bertz CT molecular complexity index is 381. The van der Waals surface area contributed by atoms with E-state index in [1.807, 2.05) is 0 Å². The summed E-state index contributed by atoms with van der Waals surface area (Å²) < 4.78 is 28.4. The maximum atomic E-state index is 12.1. The van der Waals surface area contributed by atoms with Crippen LogP contribution in [0.5, 0.6) is 5.75 Å². The van der Waals surface area contributed by atoms with Crippen LogP contribution in [0.2, 0.25) is 0 Å². The maximum absolute atomic E-state index is 12.1. The number of ether oxygens (including phenoxy) is 1. The first-order chi connectivity index (χ1) is 9.20. The molecule has 0 spiro atoms. The lowest BCUT2D eigenvalue weighted by atomic mass is 10.1. The van der Waals surface area contributed by atoms with Crippen LogP contribution in [0.1, 0.15) is 11.6 Å². The highest BCUT2D eigenvalue weighted by molar-refractivity contribution is 5.29. The Labute approximate surface area is 111 Å². The van der Waals surface area contributed by atoms with Crippen LogP contribution in [-0.2, 0) is 0 Å². The molecule has 1 saturated heterocycles. The van der Waals surface area contributed by atoms with E-state index in [9.17, 15) is 13.9 Å². The first kappa shape index (κ1) is 14.2. The second-order valence-electron chi connectivity index (χ2n) is 4.43. The van der Waals surface area contributed by atoms with Crippen molar-refractivity contribution in [3.05, 3.63) is 29.8 Å². The summed E-state index contributed by atoms with van der Waals surface area (Å²) in [6, 6.07) is 6.36. The smallest absolute Gasteiger partial charge is 0.387 e. The fourth-order valence-corrected chi connectivity index (χ4v) is 2.30. The summed E-state index contributed by atoms with van der Waals surface area (Å²) >= 11 is 0. The molecule has 1 fully saturated rings. The van der Waals surface area contributed by atoms with Gasteiger partial charge in [-0.25, -0.2) is 0 Å². The number of halogens is 2. The highest BCUT2D eigenvalue weighted by atomic mass is 19.3. The second-order valence-corrected chi connectivity index (χ2v) is 4.43. The number of hydrogen-bond acceptors (Lipinski definition) is 4. The fraction of sp³-hybridized carbons (Fsp3) is 0.538. The number of hydrogen-bond donors (Lipinski definition) is 2. The Morgan fingerprint density at radius 1 is 1.21 bits per heavy atom. The highest BCUT2D eigenvalue weighted by Crippen LogP contribution is 2.23. The largest absolute Gasteiger partial charge is 0.435 e. The summed E-state index contributed by atoms with van der Waals surface area (Å²) in [6.07, 6.45) is 0. The number of aliphatic hydroxyl groups is 1. The van der Waals surface area contributed by atoms with Crippen LogP contribution in [0, 0.1) is 0 Å². The summed E-state index contributed by atoms with van der Waals surface area (Å²) in [7, 11) is 0. The summed E-state index contributed by atoms with van der Waals surface area (Å²) in [4.78, 5) is 2.18. The first-order valence-electron chi connectivity index (χ1n) is 6.31. The standard InChI is InChI=1S/C13H18F2N2O2/c14-13(15)19-11-3-1-10(2-4-11)12(9-18)17-7-5-16-6-8-17/h1-4,12-13,16,18H,5-9H2/t12-/m0/s1. The molecule has 0 aromatic heterocycles. The molecule has 1 atom stereocenters. The summed E-state index contributed by atoms with van der Waals surface area (Å²) in [5.74, 6) is 0.135. The molecule has 106 valence electrons. The Kier molecular flexibility index (Phi) is 5.07. The lowest BCUT2D eigenvalue weighted by molar-refractivity contribution is -0.0498. The molecule has 0 radical (unpaired) electrons. The van der Waals surface area contributed by atoms with Crippen LogP contribution in [0.15, 0.2) is 24.3 Å². The van der Waals surface area contributed by atoms with Gasteiger partial charge in [0.1, 0.15) is 5.75 Å². The molecule has 1 aliphatic heterocycles. The molecule has 1 aromatic rings. The van der Waals surface area contributed by atoms with Gasteiger partial charge in [-0.3, -0.25) is 4.90 Å². The number of rotatable bonds is 5. The van der Waals surface area contributed by atoms with Crippen molar-refractivity contribution in [1.29, 1.82) is 0 Å². The number of nitrogens with one attached hydrogen (secondary N) is 1. The average molecular weight is 272 g/mol. The topological polar surface area (TPSA) is 44.7 Å². The van der Waals surface area contributed by atoms with E-state index in [4.69, 9.17) is 0 Å². The molecule has 6 heteroatoms. The van der Waals surface area contributed by atoms with Gasteiger partial charge in [0.25, 0.3) is 0 Å². The van der Waals surface area contributed by atoms with Gasteiger partial charge in [0.2, 0.25) is 0 Å². The highest BCUT2D eigenvalue weighted by Gasteiger charge is 2.21. The van der Waals surface area contributed by atoms with Gasteiger partial charge in [0.15, 0.2) is 0 Å². The molecule has 0 aliphatic carbocycles. The van der Waals surface area contributed by atoms with Crippen LogP contribution >= 0.6 is 0 Å². The summed E-state index contributed by atoms with van der Waals surface area (Å²) in [5, 5.41) is 12.8. The molecular formula is C13H18F2N2O2. The Hall–Kier alpha value is -1.24. The van der Waals surface area contributed by atoms with Crippen molar-refractivity contribution < 1.29 is 18.6 Å². The maximum Gasteiger partial charge on any atom is 0.387 e. The Balaban J connectivity index is 2.05. The minimum atomic E-state index is -2.81. The van der Waals surface area contributed by atoms with Crippen LogP contribution < -0.4 is 10.1 Å². The van der Waals surface area contributed by atoms with E-state index in [0.29, 0.717) is 0 Å². The van der Waals surface area contributed by atoms with Gasteiger partial charge in [-0.15, -0.1) is 0 Å². The fourth-order valence-electron chi connectivity index (χ4n) is 2.30. The zero-order valence-electron chi connectivity index (χ0n) is 10.6. The van der Waals surface area contributed by atoms with Crippen molar-refractivity contribution in [2.45, 2.75) is 12.7 Å². The van der Waals surface area contributed by atoms with Crippen LogP contribution in [0.25, 0.3) is 0 Å². The van der Waals surface area contributed by atoms with Crippen molar-refractivity contribution in [2.24, 2.45) is 0 Å². The predicted octanol–water partition coefficient (Wildman–Crippen LogP) is 1.23. The van der Waals surface area contributed by atoms with Gasteiger partial charge in [-0.1, -0.05) is 12.1 Å². The molecular weight excluding hydrogens is 254 g/mol. The van der Waals surface area contributed by atoms with Crippen molar-refractivity contribution >= 4 is 0 Å². The van der Waals surface area contributed by atoms with E-state index < -0.39 is 6.61 Å². The van der Waals surface area contributed by atoms with E-state index in [0.717, 1.165) is 31.7 Å². The van der Waals surface area contributed by atoms with Gasteiger partial charge < -0.3 is 15.2 Å². The third kappa shape index (κ3) is 3.86. The number of nitrogens with zero attached hydrogens (tertiary/aromatic N) is 1. The van der Waals surface area contributed by atoms with Gasteiger partial charge in [0, 0.05) is 26.2 Å². The van der Waals surface area contributed by atoms with Gasteiger partial charge >= 0.3 is 6.61 Å². The minimum absolute atomic E-state index is 0.00898. The normalized spacial score (nSPS) is 18.5. The first-order valence-corrected chi connectivity index (χ1v) is 6.31. The van der Waals surface area contributed by atoms with Crippen molar-refractivity contribution in [3.8, 4) is 5.75 Å². The van der Waals surface area contributed by atoms with Gasteiger partial charge in [0.05, 0.1) is 12.6 Å². The van der Waals surface area contributed by atoms with E-state index in [-0.39, 0.29) is 18.4 Å². The molecule has 0 bridgehead atoms. The van der Waals surface area contributed by atoms with Crippen molar-refractivity contribution in [3.63, 3.8) is 0 Å². The molecule has 0 saturated carbocycles. The second kappa shape index (κ2) is 6.79. The van der Waals surface area contributed by atoms with E-state index >= 15 is 0 Å². The van der Waals surface area contributed by atoms with Crippen LogP contribution in [0.3, 0.4) is 0 Å². The lowest BCUT2D eigenvalue weighted by Gasteiger charge is -2.34. The van der Waals surface area contributed by atoms with E-state index in [2.05, 4.69) is 15.0 Å². The number of benzene rings is 1. The van der Waals surface area contributed by atoms with Gasteiger partial charge in [-0.2, -0.15) is 8.78 Å².